The predicted molar refractivity (Wildman–Crippen MR) is 133 cm³/mol. The number of halogens is 2. The minimum atomic E-state index is -3.97. The van der Waals surface area contributed by atoms with E-state index in [1.807, 2.05) is 11.4 Å². The molecule has 0 aliphatic carbocycles. The summed E-state index contributed by atoms with van der Waals surface area (Å²) in [5.41, 5.74) is 0.944. The van der Waals surface area contributed by atoms with Crippen LogP contribution in [0.4, 0.5) is 4.39 Å². The van der Waals surface area contributed by atoms with Crippen LogP contribution < -0.4 is 0 Å². The van der Waals surface area contributed by atoms with E-state index in [4.69, 9.17) is 11.6 Å². The maximum Gasteiger partial charge on any atom is 0.244 e. The van der Waals surface area contributed by atoms with Crippen LogP contribution in [0.3, 0.4) is 0 Å². The molecular weight excluding hydrogens is 495 g/mol. The van der Waals surface area contributed by atoms with E-state index in [0.717, 1.165) is 11.1 Å². The number of hydrogen-bond donors (Lipinski definition) is 0. The number of hydrogen-bond acceptors (Lipinski definition) is 4. The third-order valence-corrected chi connectivity index (χ3v) is 9.27. The van der Waals surface area contributed by atoms with E-state index in [9.17, 15) is 17.6 Å². The fourth-order valence-electron chi connectivity index (χ4n) is 4.22. The second kappa shape index (κ2) is 9.41. The molecule has 34 heavy (non-hydrogen) atoms. The number of carbonyl (C=O) groups excluding carboxylic acids is 1. The van der Waals surface area contributed by atoms with Gasteiger partial charge < -0.3 is 4.90 Å². The molecule has 9 heteroatoms. The number of amides is 1. The van der Waals surface area contributed by atoms with Crippen molar-refractivity contribution >= 4 is 38.9 Å². The number of fused-ring (bicyclic) bond motifs is 1. The van der Waals surface area contributed by atoms with Gasteiger partial charge in [0.15, 0.2) is 0 Å². The van der Waals surface area contributed by atoms with Crippen molar-refractivity contribution in [2.24, 2.45) is 0 Å². The third-order valence-electron chi connectivity index (χ3n) is 5.90. The molecule has 0 saturated carbocycles. The van der Waals surface area contributed by atoms with Crippen LogP contribution >= 0.6 is 22.9 Å². The normalized spacial score (nSPS) is 16.5. The topological polar surface area (TPSA) is 57.7 Å². The van der Waals surface area contributed by atoms with Crippen molar-refractivity contribution in [1.29, 1.82) is 0 Å². The molecule has 1 aliphatic rings. The minimum Gasteiger partial charge on any atom is -0.330 e. The minimum absolute atomic E-state index is 0.0773. The molecule has 1 aromatic heterocycles. The van der Waals surface area contributed by atoms with Crippen molar-refractivity contribution in [2.75, 3.05) is 13.1 Å². The Morgan fingerprint density at radius 3 is 2.38 bits per heavy atom. The Kier molecular flexibility index (Phi) is 6.88. The van der Waals surface area contributed by atoms with E-state index in [0.29, 0.717) is 18.0 Å². The Morgan fingerprint density at radius 1 is 1.12 bits per heavy atom. The summed E-state index contributed by atoms with van der Waals surface area (Å²) in [5, 5.41) is 2.42. The average Bonchev–Trinajstić information content (AvgIpc) is 3.25. The van der Waals surface area contributed by atoms with Crippen LogP contribution in [-0.2, 0) is 21.2 Å². The molecule has 1 aliphatic heterocycles. The zero-order valence-corrected chi connectivity index (χ0v) is 21.6. The molecule has 180 valence electrons. The smallest absolute Gasteiger partial charge is 0.244 e. The fraction of sp³-hybridized carbons (Fsp3) is 0.320. The maximum atomic E-state index is 13.7. The number of benzene rings is 2. The molecule has 2 aromatic carbocycles. The van der Waals surface area contributed by atoms with Gasteiger partial charge in [0.05, 0.1) is 17.5 Å². The summed E-state index contributed by atoms with van der Waals surface area (Å²) in [6.45, 7) is 5.42. The summed E-state index contributed by atoms with van der Waals surface area (Å²) < 4.78 is 41.9. The van der Waals surface area contributed by atoms with Crippen LogP contribution in [0.25, 0.3) is 0 Å². The monoisotopic (exact) mass is 520 g/mol. The van der Waals surface area contributed by atoms with Crippen molar-refractivity contribution in [3.8, 4) is 0 Å². The predicted octanol–water partition coefficient (Wildman–Crippen LogP) is 5.50. The molecule has 0 bridgehead atoms. The first-order valence-electron chi connectivity index (χ1n) is 10.9. The van der Waals surface area contributed by atoms with Crippen molar-refractivity contribution in [1.82, 2.24) is 9.21 Å². The van der Waals surface area contributed by atoms with Crippen molar-refractivity contribution in [3.05, 3.63) is 86.8 Å². The molecular formula is C25H26ClFN2O3S2. The van der Waals surface area contributed by atoms with Gasteiger partial charge in [-0.15, -0.1) is 11.3 Å². The molecule has 1 unspecified atom stereocenters. The van der Waals surface area contributed by atoms with Gasteiger partial charge in [-0.05, 0) is 86.2 Å². The molecule has 2 heterocycles. The van der Waals surface area contributed by atoms with Gasteiger partial charge in [-0.1, -0.05) is 23.7 Å². The highest BCUT2D eigenvalue weighted by Crippen LogP contribution is 2.38. The summed E-state index contributed by atoms with van der Waals surface area (Å²) in [6.07, 6.45) is 0.690. The van der Waals surface area contributed by atoms with E-state index in [2.05, 4.69) is 0 Å². The molecule has 0 N–H and O–H groups in total. The number of sulfonamides is 1. The quantitative estimate of drug-likeness (QED) is 0.446. The summed E-state index contributed by atoms with van der Waals surface area (Å²) in [4.78, 5) is 16.7. The third kappa shape index (κ3) is 4.91. The largest absolute Gasteiger partial charge is 0.330 e. The van der Waals surface area contributed by atoms with Crippen molar-refractivity contribution < 1.29 is 17.6 Å². The Morgan fingerprint density at radius 2 is 1.76 bits per heavy atom. The van der Waals surface area contributed by atoms with Gasteiger partial charge in [-0.25, -0.2) is 12.8 Å². The summed E-state index contributed by atoms with van der Waals surface area (Å²) >= 11 is 7.57. The Hall–Kier alpha value is -2.26. The second-order valence-electron chi connectivity index (χ2n) is 9.23. The van der Waals surface area contributed by atoms with Crippen LogP contribution in [0.15, 0.2) is 64.9 Å². The van der Waals surface area contributed by atoms with E-state index < -0.39 is 21.6 Å². The lowest BCUT2D eigenvalue weighted by Gasteiger charge is -2.40. The lowest BCUT2D eigenvalue weighted by atomic mass is 9.93. The lowest BCUT2D eigenvalue weighted by molar-refractivity contribution is -0.134. The molecule has 1 atom stereocenters. The molecule has 1 amide bonds. The zero-order chi connectivity index (χ0) is 24.7. The van der Waals surface area contributed by atoms with Gasteiger partial charge in [-0.2, -0.15) is 4.31 Å². The van der Waals surface area contributed by atoms with Gasteiger partial charge in [0, 0.05) is 22.0 Å². The molecule has 0 spiro atoms. The Bertz CT molecular complexity index is 1280. The van der Waals surface area contributed by atoms with E-state index in [1.54, 1.807) is 49.1 Å². The molecule has 0 radical (unpaired) electrons. The number of carbonyl (C=O) groups is 1. The fourth-order valence-corrected chi connectivity index (χ4v) is 6.99. The maximum absolute atomic E-state index is 13.7. The summed E-state index contributed by atoms with van der Waals surface area (Å²) in [5.74, 6) is -0.658. The number of nitrogens with zero attached hydrogens (tertiary/aromatic N) is 2. The van der Waals surface area contributed by atoms with Gasteiger partial charge in [0.2, 0.25) is 15.9 Å². The number of rotatable bonds is 5. The molecule has 5 nitrogen and oxygen atoms in total. The van der Waals surface area contributed by atoms with E-state index in [1.165, 1.54) is 45.6 Å². The van der Waals surface area contributed by atoms with Gasteiger partial charge in [-0.3, -0.25) is 4.79 Å². The van der Waals surface area contributed by atoms with Gasteiger partial charge in [0.1, 0.15) is 5.82 Å². The Balaban J connectivity index is 1.69. The molecule has 0 fully saturated rings. The molecule has 0 saturated heterocycles. The summed E-state index contributed by atoms with van der Waals surface area (Å²) in [7, 11) is -3.97. The first kappa shape index (κ1) is 24.9. The first-order valence-corrected chi connectivity index (χ1v) is 13.6. The zero-order valence-electron chi connectivity index (χ0n) is 19.2. The lowest BCUT2D eigenvalue weighted by Crippen LogP contribution is -2.52. The highest BCUT2D eigenvalue weighted by Gasteiger charge is 2.39. The van der Waals surface area contributed by atoms with Crippen LogP contribution in [0, 0.1) is 5.82 Å². The highest BCUT2D eigenvalue weighted by atomic mass is 35.5. The molecule has 4 rings (SSSR count). The Labute approximate surface area is 208 Å². The van der Waals surface area contributed by atoms with Crippen molar-refractivity contribution in [2.45, 2.75) is 43.7 Å². The van der Waals surface area contributed by atoms with Crippen LogP contribution in [0.2, 0.25) is 5.02 Å². The highest BCUT2D eigenvalue weighted by molar-refractivity contribution is 7.89. The van der Waals surface area contributed by atoms with Gasteiger partial charge >= 0.3 is 0 Å². The van der Waals surface area contributed by atoms with Crippen LogP contribution in [0.5, 0.6) is 0 Å². The average molecular weight is 521 g/mol. The van der Waals surface area contributed by atoms with Gasteiger partial charge in [0.25, 0.3) is 0 Å². The van der Waals surface area contributed by atoms with Crippen LogP contribution in [-0.4, -0.2) is 42.2 Å². The second-order valence-corrected chi connectivity index (χ2v) is 12.5. The number of thiophene rings is 1. The first-order chi connectivity index (χ1) is 16.0. The summed E-state index contributed by atoms with van der Waals surface area (Å²) in [6, 6.07) is 13.6. The molecule has 3 aromatic rings. The SMILES string of the molecule is CC(C)(C)N(CC(=O)N1CCc2sccc2C1c1ccc(F)cc1)S(=O)(=O)c1ccc(Cl)cc1. The van der Waals surface area contributed by atoms with E-state index >= 15 is 0 Å². The van der Waals surface area contributed by atoms with Crippen LogP contribution in [0.1, 0.15) is 42.8 Å². The van der Waals surface area contributed by atoms with E-state index in [-0.39, 0.29) is 23.2 Å². The standard InChI is InChI=1S/C25H26ClFN2O3S2/c1-25(2,3)29(34(31,32)20-10-6-18(26)7-11-20)16-23(30)28-14-12-22-21(13-15-33-22)24(28)17-4-8-19(27)9-5-17/h4-11,13,15,24H,12,14,16H2,1-3H3. The van der Waals surface area contributed by atoms with Crippen molar-refractivity contribution in [3.63, 3.8) is 0 Å².